The Labute approximate surface area is 174 Å². The molecule has 30 heavy (non-hydrogen) atoms. The molecule has 1 aliphatic rings. The van der Waals surface area contributed by atoms with Gasteiger partial charge < -0.3 is 19.4 Å². The lowest BCUT2D eigenvalue weighted by Crippen LogP contribution is -2.26. The lowest BCUT2D eigenvalue weighted by atomic mass is 10.1. The van der Waals surface area contributed by atoms with E-state index in [-0.39, 0.29) is 23.8 Å². The van der Waals surface area contributed by atoms with Crippen molar-refractivity contribution in [2.24, 2.45) is 0 Å². The van der Waals surface area contributed by atoms with Crippen LogP contribution >= 0.6 is 0 Å². The number of ether oxygens (including phenoxy) is 2. The quantitative estimate of drug-likeness (QED) is 0.554. The van der Waals surface area contributed by atoms with Crippen LogP contribution in [0.25, 0.3) is 0 Å². The van der Waals surface area contributed by atoms with Crippen molar-refractivity contribution in [3.05, 3.63) is 52.3 Å². The number of para-hydroxylation sites is 1. The standard InChI is InChI=1S/C22H24N2O6/c1-4-29-22(28)19-13(2)20(23-14(19)3)17(25)12-30-21(27)15-8-5-6-9-16(15)24-11-7-10-18(24)26/h5-6,8-9,23H,4,7,10-12H2,1-3H3. The van der Waals surface area contributed by atoms with Crippen molar-refractivity contribution in [3.8, 4) is 0 Å². The van der Waals surface area contributed by atoms with Gasteiger partial charge in [-0.05, 0) is 44.9 Å². The minimum Gasteiger partial charge on any atom is -0.462 e. The molecule has 1 aliphatic heterocycles. The van der Waals surface area contributed by atoms with Crippen LogP contribution in [-0.4, -0.2) is 48.4 Å². The predicted molar refractivity (Wildman–Crippen MR) is 109 cm³/mol. The van der Waals surface area contributed by atoms with E-state index in [9.17, 15) is 19.2 Å². The Bertz CT molecular complexity index is 1010. The van der Waals surface area contributed by atoms with Crippen LogP contribution < -0.4 is 4.90 Å². The molecule has 1 fully saturated rings. The fourth-order valence-corrected chi connectivity index (χ4v) is 3.60. The van der Waals surface area contributed by atoms with E-state index in [1.165, 1.54) is 0 Å². The molecule has 0 bridgehead atoms. The van der Waals surface area contributed by atoms with E-state index in [0.717, 1.165) is 6.42 Å². The Morgan fingerprint density at radius 3 is 2.50 bits per heavy atom. The van der Waals surface area contributed by atoms with Gasteiger partial charge in [-0.25, -0.2) is 9.59 Å². The van der Waals surface area contributed by atoms with Crippen molar-refractivity contribution in [2.45, 2.75) is 33.6 Å². The van der Waals surface area contributed by atoms with Crippen LogP contribution in [0.3, 0.4) is 0 Å². The summed E-state index contributed by atoms with van der Waals surface area (Å²) in [6.45, 7) is 5.28. The molecule has 2 aromatic rings. The molecule has 0 unspecified atom stereocenters. The van der Waals surface area contributed by atoms with Gasteiger partial charge in [0.1, 0.15) is 0 Å². The highest BCUT2D eigenvalue weighted by atomic mass is 16.5. The zero-order chi connectivity index (χ0) is 21.8. The summed E-state index contributed by atoms with van der Waals surface area (Å²) < 4.78 is 10.3. The number of Topliss-reactive ketones (excluding diaryl/α,β-unsaturated/α-hetero) is 1. The minimum absolute atomic E-state index is 0.0460. The molecule has 0 radical (unpaired) electrons. The summed E-state index contributed by atoms with van der Waals surface area (Å²) >= 11 is 0. The van der Waals surface area contributed by atoms with Gasteiger partial charge in [-0.3, -0.25) is 9.59 Å². The summed E-state index contributed by atoms with van der Waals surface area (Å²) in [4.78, 5) is 53.8. The molecule has 1 aromatic carbocycles. The van der Waals surface area contributed by atoms with Crippen molar-refractivity contribution in [3.63, 3.8) is 0 Å². The second-order valence-corrected chi connectivity index (χ2v) is 7.01. The summed E-state index contributed by atoms with van der Waals surface area (Å²) in [6.07, 6.45) is 1.17. The highest BCUT2D eigenvalue weighted by molar-refractivity contribution is 6.05. The molecule has 1 saturated heterocycles. The molecule has 0 saturated carbocycles. The van der Waals surface area contributed by atoms with Crippen LogP contribution in [0.4, 0.5) is 5.69 Å². The number of nitrogens with one attached hydrogen (secondary N) is 1. The minimum atomic E-state index is -0.690. The van der Waals surface area contributed by atoms with Crippen molar-refractivity contribution in [1.29, 1.82) is 0 Å². The highest BCUT2D eigenvalue weighted by Gasteiger charge is 2.27. The monoisotopic (exact) mass is 412 g/mol. The summed E-state index contributed by atoms with van der Waals surface area (Å²) in [7, 11) is 0. The van der Waals surface area contributed by atoms with Crippen molar-refractivity contribution < 1.29 is 28.7 Å². The fraction of sp³-hybridized carbons (Fsp3) is 0.364. The highest BCUT2D eigenvalue weighted by Crippen LogP contribution is 2.26. The first-order chi connectivity index (χ1) is 14.3. The van der Waals surface area contributed by atoms with E-state index in [1.807, 2.05) is 0 Å². The number of aromatic nitrogens is 1. The van der Waals surface area contributed by atoms with Crippen LogP contribution in [0.1, 0.15) is 62.2 Å². The number of aryl methyl sites for hydroxylation is 1. The number of hydrogen-bond acceptors (Lipinski definition) is 6. The molecule has 0 aliphatic carbocycles. The van der Waals surface area contributed by atoms with Crippen LogP contribution in [0, 0.1) is 13.8 Å². The van der Waals surface area contributed by atoms with Crippen LogP contribution in [0.15, 0.2) is 24.3 Å². The number of H-pyrrole nitrogens is 1. The smallest absolute Gasteiger partial charge is 0.340 e. The third kappa shape index (κ3) is 4.12. The first kappa shape index (κ1) is 21.3. The maximum atomic E-state index is 12.6. The number of hydrogen-bond donors (Lipinski definition) is 1. The molecule has 0 spiro atoms. The van der Waals surface area contributed by atoms with E-state index >= 15 is 0 Å². The molecule has 158 valence electrons. The second kappa shape index (κ2) is 8.94. The van der Waals surface area contributed by atoms with Gasteiger partial charge in [0, 0.05) is 18.7 Å². The zero-order valence-corrected chi connectivity index (χ0v) is 17.2. The average Bonchev–Trinajstić information content (AvgIpc) is 3.28. The molecule has 0 atom stereocenters. The maximum absolute atomic E-state index is 12.6. The zero-order valence-electron chi connectivity index (χ0n) is 17.2. The van der Waals surface area contributed by atoms with Crippen LogP contribution in [0.2, 0.25) is 0 Å². The van der Waals surface area contributed by atoms with Crippen LogP contribution in [-0.2, 0) is 14.3 Å². The van der Waals surface area contributed by atoms with E-state index in [2.05, 4.69) is 4.98 Å². The number of ketones is 1. The van der Waals surface area contributed by atoms with E-state index in [1.54, 1.807) is 49.9 Å². The molecule has 2 heterocycles. The topological polar surface area (TPSA) is 106 Å². The van der Waals surface area contributed by atoms with Gasteiger partial charge in [0.15, 0.2) is 6.61 Å². The van der Waals surface area contributed by atoms with Crippen molar-refractivity contribution in [1.82, 2.24) is 4.98 Å². The Morgan fingerprint density at radius 2 is 1.83 bits per heavy atom. The number of rotatable bonds is 7. The number of amides is 1. The fourth-order valence-electron chi connectivity index (χ4n) is 3.60. The average molecular weight is 412 g/mol. The number of esters is 2. The molecule has 1 N–H and O–H groups in total. The third-order valence-corrected chi connectivity index (χ3v) is 5.02. The van der Waals surface area contributed by atoms with Crippen LogP contribution in [0.5, 0.6) is 0 Å². The number of nitrogens with zero attached hydrogens (tertiary/aromatic N) is 1. The molecule has 1 aromatic heterocycles. The Balaban J connectivity index is 1.73. The lowest BCUT2D eigenvalue weighted by molar-refractivity contribution is -0.117. The van der Waals surface area contributed by atoms with Gasteiger partial charge in [-0.1, -0.05) is 12.1 Å². The molecule has 8 nitrogen and oxygen atoms in total. The van der Waals surface area contributed by atoms with Crippen molar-refractivity contribution >= 4 is 29.3 Å². The summed E-state index contributed by atoms with van der Waals surface area (Å²) in [5.74, 6) is -1.71. The van der Waals surface area contributed by atoms with E-state index in [0.29, 0.717) is 35.5 Å². The van der Waals surface area contributed by atoms with E-state index < -0.39 is 24.3 Å². The first-order valence-electron chi connectivity index (χ1n) is 9.81. The number of anilines is 1. The van der Waals surface area contributed by atoms with Gasteiger partial charge in [-0.2, -0.15) is 0 Å². The Hall–Kier alpha value is -3.42. The SMILES string of the molecule is CCOC(=O)c1c(C)[nH]c(C(=O)COC(=O)c2ccccc2N2CCCC2=O)c1C. The van der Waals surface area contributed by atoms with Crippen molar-refractivity contribution in [2.75, 3.05) is 24.7 Å². The number of carbonyl (C=O) groups excluding carboxylic acids is 4. The van der Waals surface area contributed by atoms with E-state index in [4.69, 9.17) is 9.47 Å². The van der Waals surface area contributed by atoms with Gasteiger partial charge >= 0.3 is 11.9 Å². The Kier molecular flexibility index (Phi) is 6.34. The van der Waals surface area contributed by atoms with Gasteiger partial charge in [0.05, 0.1) is 29.1 Å². The number of benzene rings is 1. The largest absolute Gasteiger partial charge is 0.462 e. The number of aromatic amines is 1. The summed E-state index contributed by atoms with van der Waals surface area (Å²) in [5.41, 5.74) is 2.19. The molecule has 8 heteroatoms. The summed E-state index contributed by atoms with van der Waals surface area (Å²) in [6, 6.07) is 6.67. The second-order valence-electron chi connectivity index (χ2n) is 7.01. The third-order valence-electron chi connectivity index (χ3n) is 5.02. The van der Waals surface area contributed by atoms with Gasteiger partial charge in [0.2, 0.25) is 11.7 Å². The molecule has 1 amide bonds. The Morgan fingerprint density at radius 1 is 1.10 bits per heavy atom. The molecule has 3 rings (SSSR count). The normalized spacial score (nSPS) is 13.4. The molecular weight excluding hydrogens is 388 g/mol. The van der Waals surface area contributed by atoms with Gasteiger partial charge in [-0.15, -0.1) is 0 Å². The predicted octanol–water partition coefficient (Wildman–Crippen LogP) is 2.97. The lowest BCUT2D eigenvalue weighted by Gasteiger charge is -2.18. The van der Waals surface area contributed by atoms with Gasteiger partial charge in [0.25, 0.3) is 0 Å². The maximum Gasteiger partial charge on any atom is 0.340 e. The first-order valence-corrected chi connectivity index (χ1v) is 9.81. The molecular formula is C22H24N2O6. The number of carbonyl (C=O) groups is 4. The summed E-state index contributed by atoms with van der Waals surface area (Å²) in [5, 5.41) is 0.